The number of H-pyrrole nitrogens is 1. The number of ether oxygens (including phenoxy) is 2. The first-order valence-electron chi connectivity index (χ1n) is 11.3. The Bertz CT molecular complexity index is 1150. The van der Waals surface area contributed by atoms with E-state index in [1.165, 1.54) is 5.56 Å². The van der Waals surface area contributed by atoms with Crippen LogP contribution < -0.4 is 20.3 Å². The topological polar surface area (TPSA) is 79.5 Å². The lowest BCUT2D eigenvalue weighted by Gasteiger charge is -2.21. The molecule has 1 aliphatic rings. The number of methoxy groups -OCH3 is 2. The Balaban J connectivity index is 1.48. The van der Waals surface area contributed by atoms with E-state index >= 15 is 0 Å². The molecule has 0 saturated carbocycles. The number of aromatic nitrogens is 2. The van der Waals surface area contributed by atoms with E-state index in [1.54, 1.807) is 14.2 Å². The molecule has 174 valence electrons. The van der Waals surface area contributed by atoms with E-state index in [0.717, 1.165) is 35.8 Å². The van der Waals surface area contributed by atoms with Crippen LogP contribution in [0.25, 0.3) is 0 Å². The number of hydrogen-bond donors (Lipinski definition) is 2. The Morgan fingerprint density at radius 2 is 1.85 bits per heavy atom. The number of aromatic amines is 1. The summed E-state index contributed by atoms with van der Waals surface area (Å²) < 4.78 is 10.9. The molecule has 2 heterocycles. The van der Waals surface area contributed by atoms with Crippen molar-refractivity contribution in [3.8, 4) is 11.5 Å². The lowest BCUT2D eigenvalue weighted by molar-refractivity contribution is 0.354. The molecule has 2 atom stereocenters. The first-order chi connectivity index (χ1) is 16.0. The van der Waals surface area contributed by atoms with Gasteiger partial charge in [0.2, 0.25) is 5.95 Å². The van der Waals surface area contributed by atoms with Gasteiger partial charge in [0, 0.05) is 37.5 Å². The molecule has 3 aromatic rings. The molecule has 33 heavy (non-hydrogen) atoms. The standard InChI is InChI=1S/C26H32N4O3/c1-17-21(12-18-8-6-5-7-9-18)25(31)29-26(28-17)27-14-20-15-30(2)16-22(20)19-10-11-23(32-3)24(13-19)33-4/h5-11,13,20,22H,12,14-16H2,1-4H3,(H2,27,28,29,31)/t20-,22+/m0/s1. The molecule has 1 aliphatic heterocycles. The van der Waals surface area contributed by atoms with Crippen LogP contribution in [0.2, 0.25) is 0 Å². The number of nitrogens with one attached hydrogen (secondary N) is 2. The van der Waals surface area contributed by atoms with Crippen LogP contribution in [-0.4, -0.2) is 55.8 Å². The SMILES string of the molecule is COc1ccc([C@H]2CN(C)C[C@@H]2CNc2nc(C)c(Cc3ccccc3)c(=O)[nH]2)cc1OC. The van der Waals surface area contributed by atoms with Crippen LogP contribution in [0.4, 0.5) is 5.95 Å². The van der Waals surface area contributed by atoms with Crippen LogP contribution in [0, 0.1) is 12.8 Å². The van der Waals surface area contributed by atoms with Crippen molar-refractivity contribution >= 4 is 5.95 Å². The van der Waals surface area contributed by atoms with Crippen molar-refractivity contribution in [1.82, 2.24) is 14.9 Å². The van der Waals surface area contributed by atoms with Crippen LogP contribution in [0.3, 0.4) is 0 Å². The molecular formula is C26H32N4O3. The van der Waals surface area contributed by atoms with E-state index in [-0.39, 0.29) is 5.56 Å². The number of likely N-dealkylation sites (N-methyl/N-ethyl adjacent to an activating group) is 1. The molecule has 0 spiro atoms. The van der Waals surface area contributed by atoms with E-state index in [0.29, 0.717) is 36.3 Å². The summed E-state index contributed by atoms with van der Waals surface area (Å²) in [6, 6.07) is 16.1. The van der Waals surface area contributed by atoms with Crippen molar-refractivity contribution in [1.29, 1.82) is 0 Å². The summed E-state index contributed by atoms with van der Waals surface area (Å²) in [5, 5.41) is 3.38. The average Bonchev–Trinajstić information content (AvgIpc) is 3.20. The minimum absolute atomic E-state index is 0.0890. The van der Waals surface area contributed by atoms with Gasteiger partial charge in [-0.3, -0.25) is 9.78 Å². The monoisotopic (exact) mass is 448 g/mol. The van der Waals surface area contributed by atoms with E-state index in [4.69, 9.17) is 9.47 Å². The lowest BCUT2D eigenvalue weighted by atomic mass is 9.88. The number of nitrogens with zero attached hydrogens (tertiary/aromatic N) is 2. The van der Waals surface area contributed by atoms with Crippen molar-refractivity contribution in [2.45, 2.75) is 19.3 Å². The second-order valence-corrected chi connectivity index (χ2v) is 8.72. The highest BCUT2D eigenvalue weighted by atomic mass is 16.5. The Hall–Kier alpha value is -3.32. The number of likely N-dealkylation sites (tertiary alicyclic amines) is 1. The fourth-order valence-electron chi connectivity index (χ4n) is 4.68. The largest absolute Gasteiger partial charge is 0.493 e. The first kappa shape index (κ1) is 22.9. The van der Waals surface area contributed by atoms with E-state index in [1.807, 2.05) is 43.3 Å². The van der Waals surface area contributed by atoms with Crippen LogP contribution in [0.5, 0.6) is 11.5 Å². The minimum Gasteiger partial charge on any atom is -0.493 e. The van der Waals surface area contributed by atoms with Gasteiger partial charge in [-0.2, -0.15) is 0 Å². The summed E-state index contributed by atoms with van der Waals surface area (Å²) in [6.07, 6.45) is 0.573. The van der Waals surface area contributed by atoms with Crippen molar-refractivity contribution in [2.24, 2.45) is 5.92 Å². The van der Waals surface area contributed by atoms with Gasteiger partial charge in [-0.1, -0.05) is 36.4 Å². The summed E-state index contributed by atoms with van der Waals surface area (Å²) in [4.78, 5) is 22.7. The van der Waals surface area contributed by atoms with Crippen LogP contribution in [0.1, 0.15) is 28.3 Å². The summed E-state index contributed by atoms with van der Waals surface area (Å²) >= 11 is 0. The van der Waals surface area contributed by atoms with Gasteiger partial charge >= 0.3 is 0 Å². The molecule has 0 amide bonds. The van der Waals surface area contributed by atoms with Crippen LogP contribution in [-0.2, 0) is 6.42 Å². The third-order valence-corrected chi connectivity index (χ3v) is 6.44. The molecule has 4 rings (SSSR count). The Kier molecular flexibility index (Phi) is 6.99. The van der Waals surface area contributed by atoms with Gasteiger partial charge in [-0.25, -0.2) is 4.98 Å². The summed E-state index contributed by atoms with van der Waals surface area (Å²) in [5.41, 5.74) is 3.69. The lowest BCUT2D eigenvalue weighted by Crippen LogP contribution is -2.25. The second kappa shape index (κ2) is 10.1. The highest BCUT2D eigenvalue weighted by molar-refractivity contribution is 5.44. The number of rotatable bonds is 8. The highest BCUT2D eigenvalue weighted by Crippen LogP contribution is 2.36. The molecule has 0 bridgehead atoms. The maximum Gasteiger partial charge on any atom is 0.256 e. The van der Waals surface area contributed by atoms with Gasteiger partial charge < -0.3 is 19.7 Å². The fourth-order valence-corrected chi connectivity index (χ4v) is 4.68. The molecule has 7 heteroatoms. The van der Waals surface area contributed by atoms with Crippen molar-refractivity contribution in [3.05, 3.63) is 81.3 Å². The molecule has 2 aromatic carbocycles. The van der Waals surface area contributed by atoms with Crippen LogP contribution >= 0.6 is 0 Å². The Morgan fingerprint density at radius 1 is 1.09 bits per heavy atom. The van der Waals surface area contributed by atoms with E-state index < -0.39 is 0 Å². The van der Waals surface area contributed by atoms with E-state index in [9.17, 15) is 4.79 Å². The quantitative estimate of drug-likeness (QED) is 0.550. The van der Waals surface area contributed by atoms with Crippen LogP contribution in [0.15, 0.2) is 53.3 Å². The zero-order valence-electron chi connectivity index (χ0n) is 19.7. The molecule has 0 radical (unpaired) electrons. The Labute approximate surface area is 194 Å². The van der Waals surface area contributed by atoms with Gasteiger partial charge in [0.1, 0.15) is 0 Å². The smallest absolute Gasteiger partial charge is 0.256 e. The average molecular weight is 449 g/mol. The predicted octanol–water partition coefficient (Wildman–Crippen LogP) is 3.44. The van der Waals surface area contributed by atoms with E-state index in [2.05, 4.69) is 39.4 Å². The highest BCUT2D eigenvalue weighted by Gasteiger charge is 2.32. The van der Waals surface area contributed by atoms with Crippen molar-refractivity contribution in [3.63, 3.8) is 0 Å². The summed E-state index contributed by atoms with van der Waals surface area (Å²) in [6.45, 7) is 4.53. The molecule has 0 aliphatic carbocycles. The van der Waals surface area contributed by atoms with Crippen molar-refractivity contribution < 1.29 is 9.47 Å². The maximum atomic E-state index is 12.8. The third-order valence-electron chi connectivity index (χ3n) is 6.44. The molecule has 7 nitrogen and oxygen atoms in total. The van der Waals surface area contributed by atoms with Gasteiger partial charge in [-0.05, 0) is 43.1 Å². The zero-order valence-corrected chi connectivity index (χ0v) is 19.7. The van der Waals surface area contributed by atoms with Gasteiger partial charge in [0.25, 0.3) is 5.56 Å². The molecule has 1 saturated heterocycles. The predicted molar refractivity (Wildman–Crippen MR) is 131 cm³/mol. The molecule has 1 aromatic heterocycles. The zero-order chi connectivity index (χ0) is 23.4. The summed E-state index contributed by atoms with van der Waals surface area (Å²) in [7, 11) is 5.44. The minimum atomic E-state index is -0.0890. The second-order valence-electron chi connectivity index (χ2n) is 8.72. The normalized spacial score (nSPS) is 18.3. The summed E-state index contributed by atoms with van der Waals surface area (Å²) in [5.74, 6) is 2.70. The van der Waals surface area contributed by atoms with Crippen molar-refractivity contribution in [2.75, 3.05) is 46.2 Å². The molecule has 1 fully saturated rings. The number of aryl methyl sites for hydroxylation is 1. The number of anilines is 1. The van der Waals surface area contributed by atoms with Gasteiger partial charge in [0.05, 0.1) is 19.9 Å². The number of benzene rings is 2. The number of hydrogen-bond acceptors (Lipinski definition) is 6. The fraction of sp³-hybridized carbons (Fsp3) is 0.385. The third kappa shape index (κ3) is 5.20. The molecule has 2 N–H and O–H groups in total. The maximum absolute atomic E-state index is 12.8. The Morgan fingerprint density at radius 3 is 2.55 bits per heavy atom. The van der Waals surface area contributed by atoms with Gasteiger partial charge in [-0.15, -0.1) is 0 Å². The van der Waals surface area contributed by atoms with Gasteiger partial charge in [0.15, 0.2) is 11.5 Å². The first-order valence-corrected chi connectivity index (χ1v) is 11.3. The molecule has 0 unspecified atom stereocenters. The molecular weight excluding hydrogens is 416 g/mol.